The molecule has 0 radical (unpaired) electrons. The molecule has 0 heterocycles. The number of amides is 1. The number of Topliss-reactive ketones (excluding diaryl/α,β-unsaturated/α-hetero) is 1. The van der Waals surface area contributed by atoms with Crippen LogP contribution in [0.3, 0.4) is 0 Å². The zero-order valence-corrected chi connectivity index (χ0v) is 10.2. The van der Waals surface area contributed by atoms with Gasteiger partial charge in [-0.3, -0.25) is 9.59 Å². The lowest BCUT2D eigenvalue weighted by atomic mass is 10.0. The van der Waals surface area contributed by atoms with Crippen molar-refractivity contribution in [2.45, 2.75) is 19.5 Å². The van der Waals surface area contributed by atoms with E-state index in [0.717, 1.165) is 18.2 Å². The highest BCUT2D eigenvalue weighted by Crippen LogP contribution is 2.32. The number of nitrogens with two attached hydrogens (primary N) is 1. The normalized spacial score (nSPS) is 11.2. The molecule has 0 unspecified atom stereocenters. The Balaban J connectivity index is 3.25. The first-order valence-corrected chi connectivity index (χ1v) is 5.48. The third-order valence-electron chi connectivity index (χ3n) is 2.33. The zero-order valence-electron chi connectivity index (χ0n) is 10.2. The summed E-state index contributed by atoms with van der Waals surface area (Å²) < 4.78 is 37.8. The lowest BCUT2D eigenvalue weighted by Gasteiger charge is -2.13. The van der Waals surface area contributed by atoms with Gasteiger partial charge in [0.05, 0.1) is 11.3 Å². The smallest absolute Gasteiger partial charge is 0.330 e. The summed E-state index contributed by atoms with van der Waals surface area (Å²) in [6.07, 6.45) is -4.64. The van der Waals surface area contributed by atoms with E-state index >= 15 is 0 Å². The van der Waals surface area contributed by atoms with Gasteiger partial charge in [0, 0.05) is 18.9 Å². The number of hydrogen-bond acceptors (Lipinski definition) is 3. The van der Waals surface area contributed by atoms with Crippen LogP contribution in [-0.4, -0.2) is 18.2 Å². The molecular weight excluding hydrogens is 261 g/mol. The van der Waals surface area contributed by atoms with E-state index in [0.29, 0.717) is 0 Å². The maximum absolute atomic E-state index is 12.6. The molecule has 104 valence electrons. The first-order valence-electron chi connectivity index (χ1n) is 5.48. The summed E-state index contributed by atoms with van der Waals surface area (Å²) in [6.45, 7) is 1.23. The summed E-state index contributed by atoms with van der Waals surface area (Å²) in [5.41, 5.74) is 4.14. The third-order valence-corrected chi connectivity index (χ3v) is 2.33. The van der Waals surface area contributed by atoms with E-state index in [4.69, 9.17) is 5.73 Å². The second kappa shape index (κ2) is 5.83. The Bertz CT molecular complexity index is 498. The van der Waals surface area contributed by atoms with Gasteiger partial charge in [0.2, 0.25) is 5.91 Å². The van der Waals surface area contributed by atoms with E-state index in [1.165, 1.54) is 6.92 Å². The molecule has 0 saturated heterocycles. The van der Waals surface area contributed by atoms with Crippen LogP contribution in [-0.2, 0) is 11.0 Å². The summed E-state index contributed by atoms with van der Waals surface area (Å²) in [6, 6.07) is 2.60. The maximum atomic E-state index is 12.6. The summed E-state index contributed by atoms with van der Waals surface area (Å²) in [7, 11) is 0. The molecule has 0 aliphatic carbocycles. The second-order valence-electron chi connectivity index (χ2n) is 3.90. The standard InChI is InChI=1S/C12H13F3N2O2/c1-7(18)17-10-3-2-8(12(13,14)15)6-9(10)11(19)4-5-16/h2-3,6H,4-5,16H2,1H3,(H,17,18). The highest BCUT2D eigenvalue weighted by Gasteiger charge is 2.31. The summed E-state index contributed by atoms with van der Waals surface area (Å²) in [4.78, 5) is 22.7. The summed E-state index contributed by atoms with van der Waals surface area (Å²) >= 11 is 0. The van der Waals surface area contributed by atoms with Gasteiger partial charge in [0.15, 0.2) is 5.78 Å². The SMILES string of the molecule is CC(=O)Nc1ccc(C(F)(F)F)cc1C(=O)CCN. The average molecular weight is 274 g/mol. The highest BCUT2D eigenvalue weighted by molar-refractivity contribution is 6.04. The van der Waals surface area contributed by atoms with Gasteiger partial charge in [0.1, 0.15) is 0 Å². The largest absolute Gasteiger partial charge is 0.416 e. The van der Waals surface area contributed by atoms with Crippen molar-refractivity contribution in [3.05, 3.63) is 29.3 Å². The number of nitrogens with one attached hydrogen (secondary N) is 1. The molecule has 4 nitrogen and oxygen atoms in total. The van der Waals surface area contributed by atoms with Crippen LogP contribution in [0, 0.1) is 0 Å². The molecule has 0 atom stereocenters. The van der Waals surface area contributed by atoms with E-state index in [-0.39, 0.29) is 24.2 Å². The van der Waals surface area contributed by atoms with Gasteiger partial charge < -0.3 is 11.1 Å². The Hall–Kier alpha value is -1.89. The minimum Gasteiger partial charge on any atom is -0.330 e. The van der Waals surface area contributed by atoms with Gasteiger partial charge >= 0.3 is 6.18 Å². The zero-order chi connectivity index (χ0) is 14.6. The quantitative estimate of drug-likeness (QED) is 0.827. The number of benzene rings is 1. The minimum atomic E-state index is -4.55. The Kier molecular flexibility index (Phi) is 4.66. The predicted molar refractivity (Wildman–Crippen MR) is 63.7 cm³/mol. The number of alkyl halides is 3. The lowest BCUT2D eigenvalue weighted by Crippen LogP contribution is -2.15. The van der Waals surface area contributed by atoms with Gasteiger partial charge in [-0.2, -0.15) is 13.2 Å². The Labute approximate surface area is 107 Å². The molecule has 1 aromatic carbocycles. The fourth-order valence-corrected chi connectivity index (χ4v) is 1.52. The van der Waals surface area contributed by atoms with Crippen molar-refractivity contribution >= 4 is 17.4 Å². The monoisotopic (exact) mass is 274 g/mol. The molecule has 0 fully saturated rings. The molecule has 0 aliphatic heterocycles. The predicted octanol–water partition coefficient (Wildman–Crippen LogP) is 2.20. The van der Waals surface area contributed by atoms with Crippen LogP contribution in [0.4, 0.5) is 18.9 Å². The van der Waals surface area contributed by atoms with E-state index < -0.39 is 23.4 Å². The molecule has 3 N–H and O–H groups in total. The number of carbonyl (C=O) groups is 2. The van der Waals surface area contributed by atoms with Gasteiger partial charge in [-0.05, 0) is 24.7 Å². The van der Waals surface area contributed by atoms with Crippen molar-refractivity contribution in [3.8, 4) is 0 Å². The fraction of sp³-hybridized carbons (Fsp3) is 0.333. The molecular formula is C12H13F3N2O2. The number of carbonyl (C=O) groups excluding carboxylic acids is 2. The lowest BCUT2D eigenvalue weighted by molar-refractivity contribution is -0.137. The number of rotatable bonds is 4. The molecule has 1 rings (SSSR count). The molecule has 0 spiro atoms. The van der Waals surface area contributed by atoms with Gasteiger partial charge in [0.25, 0.3) is 0 Å². The Morgan fingerprint density at radius 3 is 2.42 bits per heavy atom. The van der Waals surface area contributed by atoms with E-state index in [1.54, 1.807) is 0 Å². The van der Waals surface area contributed by atoms with Crippen LogP contribution < -0.4 is 11.1 Å². The number of anilines is 1. The summed E-state index contributed by atoms with van der Waals surface area (Å²) in [5, 5.41) is 2.32. The van der Waals surface area contributed by atoms with Crippen LogP contribution in [0.1, 0.15) is 29.3 Å². The first kappa shape index (κ1) is 15.2. The minimum absolute atomic E-state index is 0.0224. The molecule has 7 heteroatoms. The van der Waals surface area contributed by atoms with Crippen LogP contribution in [0.2, 0.25) is 0 Å². The van der Waals surface area contributed by atoms with Crippen molar-refractivity contribution < 1.29 is 22.8 Å². The molecule has 0 aromatic heterocycles. The molecule has 0 aliphatic rings. The van der Waals surface area contributed by atoms with E-state index in [1.807, 2.05) is 0 Å². The third kappa shape index (κ3) is 4.06. The number of hydrogen-bond donors (Lipinski definition) is 2. The first-order chi connectivity index (χ1) is 8.75. The van der Waals surface area contributed by atoms with Crippen molar-refractivity contribution in [2.24, 2.45) is 5.73 Å². The Morgan fingerprint density at radius 2 is 1.95 bits per heavy atom. The van der Waals surface area contributed by atoms with Crippen LogP contribution in [0.15, 0.2) is 18.2 Å². The Morgan fingerprint density at radius 1 is 1.32 bits per heavy atom. The second-order valence-corrected chi connectivity index (χ2v) is 3.90. The van der Waals surface area contributed by atoms with Gasteiger partial charge in [-0.25, -0.2) is 0 Å². The van der Waals surface area contributed by atoms with Crippen LogP contribution in [0.25, 0.3) is 0 Å². The number of ketones is 1. The van der Waals surface area contributed by atoms with Crippen LogP contribution >= 0.6 is 0 Å². The topological polar surface area (TPSA) is 72.2 Å². The van der Waals surface area contributed by atoms with Crippen molar-refractivity contribution in [3.63, 3.8) is 0 Å². The average Bonchev–Trinajstić information content (AvgIpc) is 2.27. The molecule has 1 aromatic rings. The number of halogens is 3. The maximum Gasteiger partial charge on any atom is 0.416 e. The summed E-state index contributed by atoms with van der Waals surface area (Å²) in [5.74, 6) is -1.01. The highest BCUT2D eigenvalue weighted by atomic mass is 19.4. The fourth-order valence-electron chi connectivity index (χ4n) is 1.52. The van der Waals surface area contributed by atoms with Crippen molar-refractivity contribution in [1.29, 1.82) is 0 Å². The molecule has 0 saturated carbocycles. The van der Waals surface area contributed by atoms with Gasteiger partial charge in [-0.15, -0.1) is 0 Å². The molecule has 19 heavy (non-hydrogen) atoms. The van der Waals surface area contributed by atoms with E-state index in [9.17, 15) is 22.8 Å². The van der Waals surface area contributed by atoms with Gasteiger partial charge in [-0.1, -0.05) is 0 Å². The van der Waals surface area contributed by atoms with Crippen molar-refractivity contribution in [2.75, 3.05) is 11.9 Å². The molecule has 1 amide bonds. The van der Waals surface area contributed by atoms with E-state index in [2.05, 4.69) is 5.32 Å². The van der Waals surface area contributed by atoms with Crippen LogP contribution in [0.5, 0.6) is 0 Å². The molecule has 0 bridgehead atoms. The van der Waals surface area contributed by atoms with Crippen molar-refractivity contribution in [1.82, 2.24) is 0 Å².